The standard InChI is InChI=1S/C26H31FN2O2/c1-3-4-8-15-31-19(2)9-6-5-7-10-20-11-12-21(16-23(20)27)22-13-14-24-25(17-22)28-18-26(30)29-24/h7,10-14,16-19H,3-6,8-9,15H2,1-2H3,(H,29,30). The van der Waals surface area contributed by atoms with Gasteiger partial charge in [-0.3, -0.25) is 4.79 Å². The Kier molecular flexibility index (Phi) is 8.53. The number of unbranched alkanes of at least 4 members (excludes halogenated alkanes) is 3. The molecule has 0 aliphatic heterocycles. The Bertz CT molecular complexity index is 1070. The number of aromatic amines is 1. The van der Waals surface area contributed by atoms with Crippen LogP contribution in [0.5, 0.6) is 0 Å². The quantitative estimate of drug-likeness (QED) is 0.359. The molecule has 1 N–H and O–H groups in total. The second-order valence-electron chi connectivity index (χ2n) is 7.94. The number of allylic oxidation sites excluding steroid dienone is 1. The highest BCUT2D eigenvalue weighted by atomic mass is 19.1. The highest BCUT2D eigenvalue weighted by Crippen LogP contribution is 2.25. The lowest BCUT2D eigenvalue weighted by Gasteiger charge is -2.12. The van der Waals surface area contributed by atoms with Crippen molar-refractivity contribution in [2.24, 2.45) is 0 Å². The molecule has 1 aromatic heterocycles. The van der Waals surface area contributed by atoms with E-state index in [0.717, 1.165) is 43.4 Å². The number of rotatable bonds is 11. The monoisotopic (exact) mass is 422 g/mol. The first-order valence-electron chi connectivity index (χ1n) is 11.1. The zero-order valence-corrected chi connectivity index (χ0v) is 18.4. The van der Waals surface area contributed by atoms with E-state index < -0.39 is 0 Å². The molecule has 164 valence electrons. The van der Waals surface area contributed by atoms with Gasteiger partial charge in [0.2, 0.25) is 0 Å². The van der Waals surface area contributed by atoms with E-state index in [0.29, 0.717) is 16.6 Å². The zero-order valence-electron chi connectivity index (χ0n) is 18.4. The molecule has 5 heteroatoms. The number of fused-ring (bicyclic) bond motifs is 1. The maximum absolute atomic E-state index is 14.6. The van der Waals surface area contributed by atoms with Crippen LogP contribution in [-0.2, 0) is 4.74 Å². The topological polar surface area (TPSA) is 55.0 Å². The van der Waals surface area contributed by atoms with Crippen molar-refractivity contribution in [3.05, 3.63) is 70.4 Å². The number of nitrogens with zero attached hydrogens (tertiary/aromatic N) is 1. The Morgan fingerprint density at radius 3 is 2.74 bits per heavy atom. The van der Waals surface area contributed by atoms with Crippen molar-refractivity contribution >= 4 is 17.1 Å². The fourth-order valence-corrected chi connectivity index (χ4v) is 3.51. The van der Waals surface area contributed by atoms with Crippen molar-refractivity contribution in [2.45, 2.75) is 58.5 Å². The van der Waals surface area contributed by atoms with Crippen LogP contribution in [0.15, 0.2) is 53.5 Å². The number of hydrogen-bond donors (Lipinski definition) is 1. The lowest BCUT2D eigenvalue weighted by atomic mass is 10.0. The molecule has 4 nitrogen and oxygen atoms in total. The first-order chi connectivity index (χ1) is 15.1. The minimum Gasteiger partial charge on any atom is -0.379 e. The molecule has 0 saturated heterocycles. The molecular weight excluding hydrogens is 391 g/mol. The highest BCUT2D eigenvalue weighted by molar-refractivity contribution is 5.81. The van der Waals surface area contributed by atoms with Crippen molar-refractivity contribution in [3.63, 3.8) is 0 Å². The van der Waals surface area contributed by atoms with Gasteiger partial charge in [0.1, 0.15) is 5.82 Å². The molecule has 1 unspecified atom stereocenters. The average Bonchev–Trinajstić information content (AvgIpc) is 2.77. The van der Waals surface area contributed by atoms with Crippen LogP contribution >= 0.6 is 0 Å². The number of nitrogens with one attached hydrogen (secondary N) is 1. The molecular formula is C26H31FN2O2. The first-order valence-corrected chi connectivity index (χ1v) is 11.1. The minimum atomic E-state index is -0.254. The number of aromatic nitrogens is 2. The van der Waals surface area contributed by atoms with Crippen LogP contribution in [0, 0.1) is 5.82 Å². The summed E-state index contributed by atoms with van der Waals surface area (Å²) in [5.41, 5.74) is 3.31. The number of halogens is 1. The molecule has 0 spiro atoms. The molecule has 0 saturated carbocycles. The van der Waals surface area contributed by atoms with Gasteiger partial charge in [0.15, 0.2) is 0 Å². The second kappa shape index (κ2) is 11.6. The second-order valence-corrected chi connectivity index (χ2v) is 7.94. The van der Waals surface area contributed by atoms with Gasteiger partial charge in [0.25, 0.3) is 5.56 Å². The Balaban J connectivity index is 1.53. The van der Waals surface area contributed by atoms with Crippen LogP contribution in [0.3, 0.4) is 0 Å². The maximum Gasteiger partial charge on any atom is 0.266 e. The maximum atomic E-state index is 14.6. The molecule has 0 bridgehead atoms. The molecule has 2 aromatic carbocycles. The van der Waals surface area contributed by atoms with Crippen molar-refractivity contribution in [2.75, 3.05) is 6.61 Å². The van der Waals surface area contributed by atoms with Crippen LogP contribution in [-0.4, -0.2) is 22.7 Å². The summed E-state index contributed by atoms with van der Waals surface area (Å²) in [4.78, 5) is 18.2. The Morgan fingerprint density at radius 2 is 1.94 bits per heavy atom. The molecule has 3 aromatic rings. The summed E-state index contributed by atoms with van der Waals surface area (Å²) in [6.45, 7) is 5.15. The van der Waals surface area contributed by atoms with Gasteiger partial charge in [0.05, 0.1) is 23.3 Å². The van der Waals surface area contributed by atoms with Crippen LogP contribution in [0.2, 0.25) is 0 Å². The molecule has 1 atom stereocenters. The minimum absolute atomic E-state index is 0.239. The van der Waals surface area contributed by atoms with Gasteiger partial charge in [-0.1, -0.05) is 50.1 Å². The van der Waals surface area contributed by atoms with Crippen molar-refractivity contribution in [1.29, 1.82) is 0 Å². The largest absolute Gasteiger partial charge is 0.379 e. The number of H-pyrrole nitrogens is 1. The third-order valence-corrected chi connectivity index (χ3v) is 5.34. The van der Waals surface area contributed by atoms with Crippen molar-refractivity contribution in [3.8, 4) is 11.1 Å². The summed E-state index contributed by atoms with van der Waals surface area (Å²) in [7, 11) is 0. The van der Waals surface area contributed by atoms with Gasteiger partial charge in [-0.05, 0) is 61.9 Å². The van der Waals surface area contributed by atoms with Gasteiger partial charge >= 0.3 is 0 Å². The van der Waals surface area contributed by atoms with Crippen molar-refractivity contribution < 1.29 is 9.13 Å². The fourth-order valence-electron chi connectivity index (χ4n) is 3.51. The van der Waals surface area contributed by atoms with Crippen LogP contribution in [0.4, 0.5) is 4.39 Å². The van der Waals surface area contributed by atoms with Gasteiger partial charge < -0.3 is 9.72 Å². The Hall–Kier alpha value is -2.79. The predicted molar refractivity (Wildman–Crippen MR) is 126 cm³/mol. The molecule has 3 rings (SSSR count). The summed E-state index contributed by atoms with van der Waals surface area (Å²) in [6, 6.07) is 10.7. The summed E-state index contributed by atoms with van der Waals surface area (Å²) in [5.74, 6) is -0.254. The summed E-state index contributed by atoms with van der Waals surface area (Å²) < 4.78 is 20.4. The average molecular weight is 423 g/mol. The molecule has 0 radical (unpaired) electrons. The summed E-state index contributed by atoms with van der Waals surface area (Å²) in [6.07, 6.45) is 11.9. The smallest absolute Gasteiger partial charge is 0.266 e. The molecule has 1 heterocycles. The predicted octanol–water partition coefficient (Wildman–Crippen LogP) is 6.51. The number of hydrogen-bond acceptors (Lipinski definition) is 3. The third-order valence-electron chi connectivity index (χ3n) is 5.34. The van der Waals surface area contributed by atoms with E-state index in [9.17, 15) is 9.18 Å². The van der Waals surface area contributed by atoms with Gasteiger partial charge in [0, 0.05) is 12.2 Å². The summed E-state index contributed by atoms with van der Waals surface area (Å²) in [5, 5.41) is 0. The van der Waals surface area contributed by atoms with E-state index in [4.69, 9.17) is 4.74 Å². The van der Waals surface area contributed by atoms with E-state index in [1.165, 1.54) is 19.0 Å². The van der Waals surface area contributed by atoms with Gasteiger partial charge in [-0.25, -0.2) is 9.37 Å². The number of ether oxygens (including phenoxy) is 1. The van der Waals surface area contributed by atoms with Crippen LogP contribution in [0.25, 0.3) is 28.2 Å². The van der Waals surface area contributed by atoms with E-state index in [1.54, 1.807) is 18.2 Å². The Labute approximate surface area is 183 Å². The Morgan fingerprint density at radius 1 is 1.13 bits per heavy atom. The lowest BCUT2D eigenvalue weighted by molar-refractivity contribution is 0.0566. The van der Waals surface area contributed by atoms with E-state index in [2.05, 4.69) is 23.8 Å². The zero-order chi connectivity index (χ0) is 22.1. The molecule has 0 aliphatic carbocycles. The first kappa shape index (κ1) is 22.9. The lowest BCUT2D eigenvalue weighted by Crippen LogP contribution is -2.08. The SMILES string of the molecule is CCCCCOC(C)CCCC=Cc1ccc(-c2ccc3[nH]c(=O)cnc3c2)cc1F. The summed E-state index contributed by atoms with van der Waals surface area (Å²) >= 11 is 0. The molecule has 0 fully saturated rings. The molecule has 0 aliphatic rings. The third kappa shape index (κ3) is 6.86. The van der Waals surface area contributed by atoms with Gasteiger partial charge in [-0.2, -0.15) is 0 Å². The molecule has 31 heavy (non-hydrogen) atoms. The van der Waals surface area contributed by atoms with Crippen LogP contribution < -0.4 is 5.56 Å². The molecule has 0 amide bonds. The van der Waals surface area contributed by atoms with E-state index >= 15 is 0 Å². The normalized spacial score (nSPS) is 12.6. The van der Waals surface area contributed by atoms with Gasteiger partial charge in [-0.15, -0.1) is 0 Å². The van der Waals surface area contributed by atoms with E-state index in [-0.39, 0.29) is 17.5 Å². The van der Waals surface area contributed by atoms with Crippen LogP contribution in [0.1, 0.15) is 57.9 Å². The fraction of sp³-hybridized carbons (Fsp3) is 0.385. The van der Waals surface area contributed by atoms with Crippen molar-refractivity contribution in [1.82, 2.24) is 9.97 Å². The van der Waals surface area contributed by atoms with E-state index in [1.807, 2.05) is 30.4 Å². The number of benzene rings is 2. The highest BCUT2D eigenvalue weighted by Gasteiger charge is 2.06.